The topological polar surface area (TPSA) is 64.6 Å². The third-order valence-electron chi connectivity index (χ3n) is 2.66. The van der Waals surface area contributed by atoms with Crippen molar-refractivity contribution in [1.82, 2.24) is 5.32 Å². The molecule has 0 saturated carbocycles. The Morgan fingerprint density at radius 1 is 1.26 bits per heavy atom. The van der Waals surface area contributed by atoms with E-state index in [9.17, 15) is 9.59 Å². The van der Waals surface area contributed by atoms with E-state index in [2.05, 4.69) is 21.2 Å². The molecule has 0 bridgehead atoms. The summed E-state index contributed by atoms with van der Waals surface area (Å²) in [6.45, 7) is 8.83. The van der Waals surface area contributed by atoms with E-state index in [1.165, 1.54) is 0 Å². The number of halogens is 1. The molecule has 0 spiro atoms. The standard InChI is InChI=1S/C17H24BrNO4/c1-11(2)22-15(20)14(19-16(21)23-17(3,4)5)10-12-7-6-8-13(18)9-12/h6-9,11,14H,10H2,1-5H3,(H,19,21)/t14-/m1/s1. The molecule has 0 heterocycles. The number of hydrogen-bond acceptors (Lipinski definition) is 4. The normalized spacial score (nSPS) is 12.7. The summed E-state index contributed by atoms with van der Waals surface area (Å²) in [5.41, 5.74) is 0.271. The number of amides is 1. The molecule has 128 valence electrons. The number of esters is 1. The van der Waals surface area contributed by atoms with E-state index in [4.69, 9.17) is 9.47 Å². The van der Waals surface area contributed by atoms with Gasteiger partial charge in [-0.3, -0.25) is 0 Å². The van der Waals surface area contributed by atoms with Crippen molar-refractivity contribution in [3.05, 3.63) is 34.3 Å². The Kier molecular flexibility index (Phi) is 7.06. The smallest absolute Gasteiger partial charge is 0.408 e. The third kappa shape index (κ3) is 8.02. The number of rotatable bonds is 5. The van der Waals surface area contributed by atoms with Gasteiger partial charge in [-0.25, -0.2) is 9.59 Å². The molecular weight excluding hydrogens is 362 g/mol. The van der Waals surface area contributed by atoms with Gasteiger partial charge in [0.15, 0.2) is 0 Å². The molecule has 1 aromatic carbocycles. The fraction of sp³-hybridized carbons (Fsp3) is 0.529. The lowest BCUT2D eigenvalue weighted by atomic mass is 10.1. The fourth-order valence-electron chi connectivity index (χ4n) is 1.86. The number of carbonyl (C=O) groups is 2. The number of hydrogen-bond donors (Lipinski definition) is 1. The highest BCUT2D eigenvalue weighted by molar-refractivity contribution is 9.10. The molecule has 1 atom stereocenters. The Bertz CT molecular complexity index is 552. The second-order valence-corrected chi connectivity index (χ2v) is 7.43. The molecule has 1 N–H and O–H groups in total. The molecule has 1 rings (SSSR count). The number of ether oxygens (including phenoxy) is 2. The first-order valence-electron chi connectivity index (χ1n) is 7.51. The summed E-state index contributed by atoms with van der Waals surface area (Å²) in [6, 6.07) is 6.75. The van der Waals surface area contributed by atoms with Crippen LogP contribution in [0.5, 0.6) is 0 Å². The Morgan fingerprint density at radius 2 is 1.91 bits per heavy atom. The lowest BCUT2D eigenvalue weighted by Gasteiger charge is -2.23. The van der Waals surface area contributed by atoms with Crippen molar-refractivity contribution >= 4 is 28.0 Å². The van der Waals surface area contributed by atoms with Crippen molar-refractivity contribution in [2.24, 2.45) is 0 Å². The predicted molar refractivity (Wildman–Crippen MR) is 92.2 cm³/mol. The summed E-state index contributed by atoms with van der Waals surface area (Å²) in [7, 11) is 0. The van der Waals surface area contributed by atoms with Gasteiger partial charge in [-0.2, -0.15) is 0 Å². The minimum atomic E-state index is -0.804. The maximum atomic E-state index is 12.2. The van der Waals surface area contributed by atoms with Gasteiger partial charge in [0, 0.05) is 10.9 Å². The first kappa shape index (κ1) is 19.5. The van der Waals surface area contributed by atoms with Crippen LogP contribution in [0.2, 0.25) is 0 Å². The molecule has 0 fully saturated rings. The Hall–Kier alpha value is -1.56. The fourth-order valence-corrected chi connectivity index (χ4v) is 2.30. The summed E-state index contributed by atoms with van der Waals surface area (Å²) in [5.74, 6) is -0.481. The molecule has 6 heteroatoms. The Morgan fingerprint density at radius 3 is 2.43 bits per heavy atom. The van der Waals surface area contributed by atoms with Gasteiger partial charge in [-0.15, -0.1) is 0 Å². The average molecular weight is 386 g/mol. The molecule has 0 aliphatic carbocycles. The summed E-state index contributed by atoms with van der Waals surface area (Å²) in [5, 5.41) is 2.60. The van der Waals surface area contributed by atoms with E-state index in [-0.39, 0.29) is 6.10 Å². The SMILES string of the molecule is CC(C)OC(=O)[C@@H](Cc1cccc(Br)c1)NC(=O)OC(C)(C)C. The van der Waals surface area contributed by atoms with Crippen molar-refractivity contribution in [2.75, 3.05) is 0 Å². The molecule has 0 aromatic heterocycles. The molecule has 23 heavy (non-hydrogen) atoms. The van der Waals surface area contributed by atoms with Gasteiger partial charge in [0.2, 0.25) is 0 Å². The maximum Gasteiger partial charge on any atom is 0.408 e. The third-order valence-corrected chi connectivity index (χ3v) is 3.15. The van der Waals surface area contributed by atoms with Gasteiger partial charge < -0.3 is 14.8 Å². The highest BCUT2D eigenvalue weighted by atomic mass is 79.9. The van der Waals surface area contributed by atoms with Crippen LogP contribution in [0.15, 0.2) is 28.7 Å². The van der Waals surface area contributed by atoms with E-state index in [0.717, 1.165) is 10.0 Å². The van der Waals surface area contributed by atoms with Crippen LogP contribution in [0.1, 0.15) is 40.2 Å². The van der Waals surface area contributed by atoms with Crippen LogP contribution in [-0.2, 0) is 20.7 Å². The summed E-state index contributed by atoms with van der Waals surface area (Å²) >= 11 is 3.39. The molecule has 0 aliphatic heterocycles. The number of nitrogens with one attached hydrogen (secondary N) is 1. The quantitative estimate of drug-likeness (QED) is 0.781. The largest absolute Gasteiger partial charge is 0.461 e. The van der Waals surface area contributed by atoms with Gasteiger partial charge in [0.25, 0.3) is 0 Å². The Balaban J connectivity index is 2.84. The zero-order valence-corrected chi connectivity index (χ0v) is 15.8. The minimum Gasteiger partial charge on any atom is -0.461 e. The monoisotopic (exact) mass is 385 g/mol. The van der Waals surface area contributed by atoms with Crippen molar-refractivity contribution in [3.63, 3.8) is 0 Å². The van der Waals surface area contributed by atoms with Crippen LogP contribution in [0, 0.1) is 0 Å². The second-order valence-electron chi connectivity index (χ2n) is 6.52. The van der Waals surface area contributed by atoms with E-state index in [1.807, 2.05) is 24.3 Å². The van der Waals surface area contributed by atoms with Gasteiger partial charge in [0.1, 0.15) is 11.6 Å². The van der Waals surface area contributed by atoms with Crippen LogP contribution in [0.25, 0.3) is 0 Å². The van der Waals surface area contributed by atoms with Crippen molar-refractivity contribution in [2.45, 2.75) is 58.8 Å². The van der Waals surface area contributed by atoms with Gasteiger partial charge >= 0.3 is 12.1 Å². The predicted octanol–water partition coefficient (Wildman–Crippen LogP) is 3.84. The van der Waals surface area contributed by atoms with E-state index in [1.54, 1.807) is 34.6 Å². The summed E-state index contributed by atoms with van der Waals surface area (Å²) < 4.78 is 11.3. The van der Waals surface area contributed by atoms with Crippen molar-refractivity contribution in [1.29, 1.82) is 0 Å². The zero-order chi connectivity index (χ0) is 17.6. The molecular formula is C17H24BrNO4. The lowest BCUT2D eigenvalue weighted by molar-refractivity contribution is -0.149. The van der Waals surface area contributed by atoms with E-state index >= 15 is 0 Å². The van der Waals surface area contributed by atoms with Gasteiger partial charge in [-0.05, 0) is 52.3 Å². The average Bonchev–Trinajstić information content (AvgIpc) is 2.34. The molecule has 0 unspecified atom stereocenters. The minimum absolute atomic E-state index is 0.257. The summed E-state index contributed by atoms with van der Waals surface area (Å²) in [4.78, 5) is 24.2. The molecule has 1 aromatic rings. The Labute approximate surface area is 145 Å². The molecule has 0 radical (unpaired) electrons. The molecule has 0 aliphatic rings. The summed E-state index contributed by atoms with van der Waals surface area (Å²) in [6.07, 6.45) is -0.573. The lowest BCUT2D eigenvalue weighted by Crippen LogP contribution is -2.46. The van der Waals surface area contributed by atoms with Gasteiger partial charge in [-0.1, -0.05) is 28.1 Å². The van der Waals surface area contributed by atoms with Crippen LogP contribution < -0.4 is 5.32 Å². The van der Waals surface area contributed by atoms with Crippen molar-refractivity contribution < 1.29 is 19.1 Å². The van der Waals surface area contributed by atoms with Crippen LogP contribution in [0.3, 0.4) is 0 Å². The highest BCUT2D eigenvalue weighted by Gasteiger charge is 2.26. The maximum absolute atomic E-state index is 12.2. The number of benzene rings is 1. The van der Waals surface area contributed by atoms with Crippen LogP contribution >= 0.6 is 15.9 Å². The van der Waals surface area contributed by atoms with Crippen LogP contribution in [0.4, 0.5) is 4.79 Å². The van der Waals surface area contributed by atoms with Crippen molar-refractivity contribution in [3.8, 4) is 0 Å². The van der Waals surface area contributed by atoms with E-state index < -0.39 is 23.7 Å². The van der Waals surface area contributed by atoms with Gasteiger partial charge in [0.05, 0.1) is 6.10 Å². The number of carbonyl (C=O) groups excluding carboxylic acids is 2. The zero-order valence-electron chi connectivity index (χ0n) is 14.2. The molecule has 5 nitrogen and oxygen atoms in total. The van der Waals surface area contributed by atoms with E-state index in [0.29, 0.717) is 6.42 Å². The number of alkyl carbamates (subject to hydrolysis) is 1. The second kappa shape index (κ2) is 8.34. The highest BCUT2D eigenvalue weighted by Crippen LogP contribution is 2.14. The first-order valence-corrected chi connectivity index (χ1v) is 8.30. The molecule has 1 amide bonds. The first-order chi connectivity index (χ1) is 10.6. The van der Waals surface area contributed by atoms with Crippen LogP contribution in [-0.4, -0.2) is 29.8 Å². The molecule has 0 saturated heterocycles.